The highest BCUT2D eigenvalue weighted by Gasteiger charge is 2.32. The van der Waals surface area contributed by atoms with Gasteiger partial charge in [0.1, 0.15) is 0 Å². The first kappa shape index (κ1) is 19.6. The van der Waals surface area contributed by atoms with Crippen LogP contribution in [-0.2, 0) is 10.0 Å². The van der Waals surface area contributed by atoms with Crippen molar-refractivity contribution in [3.8, 4) is 11.1 Å². The molecule has 0 bridgehead atoms. The van der Waals surface area contributed by atoms with Crippen molar-refractivity contribution in [1.82, 2.24) is 23.9 Å². The van der Waals surface area contributed by atoms with E-state index in [1.165, 1.54) is 10.6 Å². The van der Waals surface area contributed by atoms with Gasteiger partial charge in [-0.1, -0.05) is 18.2 Å². The van der Waals surface area contributed by atoms with E-state index in [-0.39, 0.29) is 5.92 Å². The molecule has 1 atom stereocenters. The second kappa shape index (κ2) is 7.11. The number of hydrogen-bond acceptors (Lipinski definition) is 5. The minimum absolute atomic E-state index is 0.0373. The molecule has 154 valence electrons. The smallest absolute Gasteiger partial charge is 0.211 e. The number of fused-ring (bicyclic) bond motifs is 2. The van der Waals surface area contributed by atoms with Crippen molar-refractivity contribution < 1.29 is 8.42 Å². The minimum Gasteiger partial charge on any atom is -0.256 e. The van der Waals surface area contributed by atoms with Gasteiger partial charge in [0.25, 0.3) is 0 Å². The van der Waals surface area contributed by atoms with Crippen molar-refractivity contribution in [3.05, 3.63) is 58.6 Å². The zero-order chi connectivity index (χ0) is 21.0. The average molecular weight is 486 g/mol. The van der Waals surface area contributed by atoms with Crippen LogP contribution in [0.15, 0.2) is 47.2 Å². The number of nitrogens with zero attached hydrogens (tertiary/aromatic N) is 5. The van der Waals surface area contributed by atoms with E-state index in [9.17, 15) is 8.42 Å². The van der Waals surface area contributed by atoms with E-state index in [0.717, 1.165) is 50.0 Å². The molecule has 7 nitrogen and oxygen atoms in total. The van der Waals surface area contributed by atoms with Crippen molar-refractivity contribution in [2.75, 3.05) is 19.3 Å². The van der Waals surface area contributed by atoms with Crippen LogP contribution in [0.2, 0.25) is 0 Å². The van der Waals surface area contributed by atoms with Gasteiger partial charge < -0.3 is 0 Å². The van der Waals surface area contributed by atoms with Crippen molar-refractivity contribution in [3.63, 3.8) is 0 Å². The Morgan fingerprint density at radius 2 is 2.00 bits per heavy atom. The first-order chi connectivity index (χ1) is 14.3. The van der Waals surface area contributed by atoms with Gasteiger partial charge >= 0.3 is 0 Å². The lowest BCUT2D eigenvalue weighted by molar-refractivity contribution is 0.477. The third-order valence-electron chi connectivity index (χ3n) is 5.74. The third-order valence-corrected chi connectivity index (χ3v) is 7.99. The molecule has 1 fully saturated rings. The zero-order valence-corrected chi connectivity index (χ0v) is 19.0. The maximum atomic E-state index is 12.0. The van der Waals surface area contributed by atoms with Crippen molar-refractivity contribution in [2.45, 2.75) is 19.3 Å². The number of benzene rings is 1. The van der Waals surface area contributed by atoms with Gasteiger partial charge in [-0.3, -0.25) is 4.98 Å². The zero-order valence-electron chi connectivity index (χ0n) is 16.6. The number of halogens is 1. The summed E-state index contributed by atoms with van der Waals surface area (Å²) in [4.78, 5) is 9.53. The molecule has 0 spiro atoms. The predicted molar refractivity (Wildman–Crippen MR) is 120 cm³/mol. The normalized spacial score (nSPS) is 17.9. The lowest BCUT2D eigenvalue weighted by Crippen LogP contribution is -2.27. The molecule has 0 saturated carbocycles. The number of sulfonamides is 1. The number of aromatic nitrogens is 4. The second-order valence-electron chi connectivity index (χ2n) is 7.71. The summed E-state index contributed by atoms with van der Waals surface area (Å²) < 4.78 is 28.1. The fourth-order valence-electron chi connectivity index (χ4n) is 4.08. The van der Waals surface area contributed by atoms with E-state index in [1.54, 1.807) is 0 Å². The number of para-hydroxylation sites is 1. The van der Waals surface area contributed by atoms with Crippen LogP contribution < -0.4 is 0 Å². The van der Waals surface area contributed by atoms with E-state index >= 15 is 0 Å². The molecule has 4 heterocycles. The van der Waals surface area contributed by atoms with Crippen LogP contribution in [-0.4, -0.2) is 51.7 Å². The molecule has 0 amide bonds. The monoisotopic (exact) mass is 485 g/mol. The van der Waals surface area contributed by atoms with E-state index < -0.39 is 10.0 Å². The van der Waals surface area contributed by atoms with Crippen molar-refractivity contribution in [1.29, 1.82) is 0 Å². The van der Waals surface area contributed by atoms with E-state index in [4.69, 9.17) is 4.98 Å². The maximum absolute atomic E-state index is 12.0. The summed E-state index contributed by atoms with van der Waals surface area (Å²) in [5.41, 5.74) is 5.36. The third kappa shape index (κ3) is 3.21. The van der Waals surface area contributed by atoms with Gasteiger partial charge in [0.05, 0.1) is 33.8 Å². The van der Waals surface area contributed by atoms with Gasteiger partial charge in [-0.05, 0) is 41.4 Å². The summed E-state index contributed by atoms with van der Waals surface area (Å²) in [6.07, 6.45) is 5.66. The Morgan fingerprint density at radius 3 is 2.77 bits per heavy atom. The number of hydrogen-bond donors (Lipinski definition) is 0. The molecular formula is C21H20BrN5O2S. The lowest BCUT2D eigenvalue weighted by atomic mass is 10.0. The lowest BCUT2D eigenvalue weighted by Gasteiger charge is -2.16. The summed E-state index contributed by atoms with van der Waals surface area (Å²) in [6.45, 7) is 2.95. The second-order valence-corrected chi connectivity index (χ2v) is 10.5. The summed E-state index contributed by atoms with van der Waals surface area (Å²) in [5.74, 6) is 0.0373. The Balaban J connectivity index is 1.63. The quantitative estimate of drug-likeness (QED) is 0.441. The molecule has 0 N–H and O–H groups in total. The van der Waals surface area contributed by atoms with Crippen LogP contribution >= 0.6 is 15.9 Å². The van der Waals surface area contributed by atoms with Crippen LogP contribution in [0.1, 0.15) is 23.7 Å². The standard InChI is InChI=1S/C21H20BrN5O2S/c1-13-19(22)20(15-7-8-26(12-15)30(2,28)29)25-21-17(11-24-27(13)21)16-9-14-5-3-4-6-18(14)23-10-16/h3-6,9-11,15H,7-8,12H2,1-2H3. The summed E-state index contributed by atoms with van der Waals surface area (Å²) >= 11 is 3.68. The predicted octanol–water partition coefficient (Wildman–Crippen LogP) is 3.76. The molecule has 4 aromatic rings. The molecule has 9 heteroatoms. The Bertz CT molecular complexity index is 1400. The van der Waals surface area contributed by atoms with Gasteiger partial charge in [0.2, 0.25) is 10.0 Å². The number of aryl methyl sites for hydroxylation is 1. The molecule has 3 aromatic heterocycles. The van der Waals surface area contributed by atoms with E-state index in [0.29, 0.717) is 13.1 Å². The average Bonchev–Trinajstić information content (AvgIpc) is 3.37. The highest BCUT2D eigenvalue weighted by atomic mass is 79.9. The van der Waals surface area contributed by atoms with E-state index in [2.05, 4.69) is 32.1 Å². The molecule has 1 saturated heterocycles. The molecule has 1 unspecified atom stereocenters. The van der Waals surface area contributed by atoms with Crippen molar-refractivity contribution in [2.24, 2.45) is 0 Å². The fourth-order valence-corrected chi connectivity index (χ4v) is 5.55. The van der Waals surface area contributed by atoms with Gasteiger partial charge in [0, 0.05) is 41.7 Å². The Morgan fingerprint density at radius 1 is 1.20 bits per heavy atom. The SMILES string of the molecule is Cc1c(Br)c(C2CCN(S(C)(=O)=O)C2)nc2c(-c3cnc4ccccc4c3)cnn12. The highest BCUT2D eigenvalue weighted by molar-refractivity contribution is 9.10. The van der Waals surface area contributed by atoms with Crippen LogP contribution in [0.3, 0.4) is 0 Å². The summed E-state index contributed by atoms with van der Waals surface area (Å²) in [5, 5.41) is 5.61. The van der Waals surface area contributed by atoms with Gasteiger partial charge in [-0.25, -0.2) is 22.2 Å². The molecule has 1 aliphatic rings. The molecule has 1 aliphatic heterocycles. The molecular weight excluding hydrogens is 466 g/mol. The molecule has 1 aromatic carbocycles. The molecule has 5 rings (SSSR count). The van der Waals surface area contributed by atoms with E-state index in [1.807, 2.05) is 48.1 Å². The van der Waals surface area contributed by atoms with Crippen LogP contribution in [0.25, 0.3) is 27.7 Å². The van der Waals surface area contributed by atoms with Crippen LogP contribution in [0.5, 0.6) is 0 Å². The topological polar surface area (TPSA) is 80.5 Å². The maximum Gasteiger partial charge on any atom is 0.211 e. The highest BCUT2D eigenvalue weighted by Crippen LogP contribution is 2.36. The Kier molecular flexibility index (Phi) is 4.64. The molecule has 0 aliphatic carbocycles. The Hall–Kier alpha value is -2.36. The largest absolute Gasteiger partial charge is 0.256 e. The van der Waals surface area contributed by atoms with Gasteiger partial charge in [-0.15, -0.1) is 0 Å². The number of pyridine rings is 1. The molecule has 0 radical (unpaired) electrons. The first-order valence-corrected chi connectivity index (χ1v) is 12.3. The first-order valence-electron chi connectivity index (χ1n) is 9.67. The van der Waals surface area contributed by atoms with Crippen LogP contribution in [0.4, 0.5) is 0 Å². The Labute approximate surface area is 182 Å². The summed E-state index contributed by atoms with van der Waals surface area (Å²) in [7, 11) is -3.21. The summed E-state index contributed by atoms with van der Waals surface area (Å²) in [6, 6.07) is 10.1. The van der Waals surface area contributed by atoms with Gasteiger partial charge in [-0.2, -0.15) is 5.10 Å². The number of rotatable bonds is 3. The molecule has 30 heavy (non-hydrogen) atoms. The van der Waals surface area contributed by atoms with Crippen molar-refractivity contribution >= 4 is 42.5 Å². The van der Waals surface area contributed by atoms with Gasteiger partial charge in [0.15, 0.2) is 5.65 Å². The minimum atomic E-state index is -3.21. The van der Waals surface area contributed by atoms with Crippen LogP contribution in [0, 0.1) is 6.92 Å². The fraction of sp³-hybridized carbons (Fsp3) is 0.286.